The third kappa shape index (κ3) is 3.66. The first-order valence-electron chi connectivity index (χ1n) is 7.99. The summed E-state index contributed by atoms with van der Waals surface area (Å²) in [5.74, 6) is -0.243. The highest BCUT2D eigenvalue weighted by molar-refractivity contribution is 5.87. The average molecular weight is 329 g/mol. The Kier molecular flexibility index (Phi) is 4.96. The Labute approximate surface area is 140 Å². The molecule has 1 unspecified atom stereocenters. The molecular weight excluding hydrogens is 310 g/mol. The number of rotatable bonds is 5. The molecule has 2 fully saturated rings. The molecule has 3 rings (SSSR count). The first-order chi connectivity index (χ1) is 11.7. The minimum absolute atomic E-state index is 0.0358. The van der Waals surface area contributed by atoms with Gasteiger partial charge in [-0.25, -0.2) is 4.79 Å². The minimum atomic E-state index is -0.662. The second kappa shape index (κ2) is 7.32. The van der Waals surface area contributed by atoms with E-state index in [4.69, 9.17) is 14.7 Å². The zero-order valence-electron chi connectivity index (χ0n) is 13.2. The number of carbonyl (C=O) groups is 2. The van der Waals surface area contributed by atoms with Crippen molar-refractivity contribution in [2.24, 2.45) is 0 Å². The van der Waals surface area contributed by atoms with Gasteiger partial charge in [0.1, 0.15) is 12.6 Å². The van der Waals surface area contributed by atoms with Gasteiger partial charge in [0.25, 0.3) is 0 Å². The minimum Gasteiger partial charge on any atom is -0.447 e. The van der Waals surface area contributed by atoms with Gasteiger partial charge in [-0.2, -0.15) is 5.26 Å². The van der Waals surface area contributed by atoms with E-state index >= 15 is 0 Å². The number of ether oxygens (including phenoxy) is 2. The second-order valence-corrected chi connectivity index (χ2v) is 5.91. The molecule has 24 heavy (non-hydrogen) atoms. The van der Waals surface area contributed by atoms with Crippen molar-refractivity contribution in [2.75, 3.05) is 19.8 Å². The molecule has 1 N–H and O–H groups in total. The molecule has 1 aromatic carbocycles. The van der Waals surface area contributed by atoms with E-state index in [9.17, 15) is 9.59 Å². The summed E-state index contributed by atoms with van der Waals surface area (Å²) >= 11 is 0. The summed E-state index contributed by atoms with van der Waals surface area (Å²) in [7, 11) is 0. The van der Waals surface area contributed by atoms with Crippen molar-refractivity contribution >= 4 is 12.0 Å². The normalized spacial score (nSPS) is 23.0. The molecule has 126 valence electrons. The third-order valence-corrected chi connectivity index (χ3v) is 4.22. The number of benzene rings is 1. The van der Waals surface area contributed by atoms with E-state index in [1.54, 1.807) is 18.2 Å². The van der Waals surface area contributed by atoms with Crippen LogP contribution in [0.1, 0.15) is 24.0 Å². The topological polar surface area (TPSA) is 91.7 Å². The van der Waals surface area contributed by atoms with Crippen LogP contribution < -0.4 is 5.32 Å². The molecule has 2 aliphatic heterocycles. The maximum Gasteiger partial charge on any atom is 0.410 e. The van der Waals surface area contributed by atoms with Crippen molar-refractivity contribution in [3.8, 4) is 6.07 Å². The maximum atomic E-state index is 12.4. The van der Waals surface area contributed by atoms with Gasteiger partial charge >= 0.3 is 6.09 Å². The van der Waals surface area contributed by atoms with Gasteiger partial charge in [-0.05, 0) is 30.5 Å². The molecule has 2 heterocycles. The molecule has 2 atom stereocenters. The van der Waals surface area contributed by atoms with E-state index in [1.807, 2.05) is 6.07 Å². The molecule has 0 radical (unpaired) electrons. The van der Waals surface area contributed by atoms with Gasteiger partial charge in [0.05, 0.1) is 24.3 Å². The lowest BCUT2D eigenvalue weighted by Gasteiger charge is -2.21. The molecule has 2 saturated heterocycles. The smallest absolute Gasteiger partial charge is 0.410 e. The molecule has 0 spiro atoms. The fourth-order valence-electron chi connectivity index (χ4n) is 2.92. The van der Waals surface area contributed by atoms with Gasteiger partial charge in [-0.3, -0.25) is 9.69 Å². The lowest BCUT2D eigenvalue weighted by molar-refractivity contribution is -0.125. The fourth-order valence-corrected chi connectivity index (χ4v) is 2.92. The SMILES string of the molecule is N#Cc1cccc(CN2C(=O)OC[C@H]2C(=O)NCC2CCCO2)c1. The first kappa shape index (κ1) is 16.3. The molecule has 0 aliphatic carbocycles. The van der Waals surface area contributed by atoms with Gasteiger partial charge in [-0.1, -0.05) is 12.1 Å². The van der Waals surface area contributed by atoms with Crippen LogP contribution in [0.3, 0.4) is 0 Å². The highest BCUT2D eigenvalue weighted by Gasteiger charge is 2.38. The number of hydrogen-bond acceptors (Lipinski definition) is 5. The van der Waals surface area contributed by atoms with Crippen LogP contribution in [-0.2, 0) is 20.8 Å². The van der Waals surface area contributed by atoms with Crippen molar-refractivity contribution < 1.29 is 19.1 Å². The lowest BCUT2D eigenvalue weighted by Crippen LogP contribution is -2.47. The number of hydrogen-bond donors (Lipinski definition) is 1. The second-order valence-electron chi connectivity index (χ2n) is 5.91. The van der Waals surface area contributed by atoms with Crippen molar-refractivity contribution in [1.29, 1.82) is 5.26 Å². The summed E-state index contributed by atoms with van der Waals surface area (Å²) in [6.45, 7) is 1.44. The van der Waals surface area contributed by atoms with Crippen molar-refractivity contribution in [3.05, 3.63) is 35.4 Å². The average Bonchev–Trinajstić information content (AvgIpc) is 3.24. The highest BCUT2D eigenvalue weighted by atomic mass is 16.6. The van der Waals surface area contributed by atoms with Crippen LogP contribution in [0.4, 0.5) is 4.79 Å². The van der Waals surface area contributed by atoms with E-state index in [-0.39, 0.29) is 25.2 Å². The number of nitriles is 1. The van der Waals surface area contributed by atoms with Crippen LogP contribution in [0, 0.1) is 11.3 Å². The Morgan fingerprint density at radius 2 is 2.33 bits per heavy atom. The fraction of sp³-hybridized carbons (Fsp3) is 0.471. The lowest BCUT2D eigenvalue weighted by atomic mass is 10.1. The summed E-state index contributed by atoms with van der Waals surface area (Å²) in [6, 6.07) is 8.36. The molecule has 0 saturated carbocycles. The predicted molar refractivity (Wildman–Crippen MR) is 83.8 cm³/mol. The van der Waals surface area contributed by atoms with Gasteiger partial charge in [-0.15, -0.1) is 0 Å². The Bertz CT molecular complexity index is 664. The molecule has 2 aliphatic rings. The maximum absolute atomic E-state index is 12.4. The van der Waals surface area contributed by atoms with E-state index in [0.29, 0.717) is 12.1 Å². The van der Waals surface area contributed by atoms with E-state index in [0.717, 1.165) is 25.0 Å². The van der Waals surface area contributed by atoms with Crippen LogP contribution in [-0.4, -0.2) is 48.8 Å². The summed E-state index contributed by atoms with van der Waals surface area (Å²) in [4.78, 5) is 25.7. The zero-order chi connectivity index (χ0) is 16.9. The van der Waals surface area contributed by atoms with Crippen LogP contribution in [0.5, 0.6) is 0 Å². The molecule has 0 bridgehead atoms. The summed E-state index contributed by atoms with van der Waals surface area (Å²) in [5, 5.41) is 11.8. The monoisotopic (exact) mass is 329 g/mol. The number of amides is 2. The van der Waals surface area contributed by atoms with Crippen LogP contribution in [0.25, 0.3) is 0 Å². The molecule has 0 aromatic heterocycles. The Morgan fingerprint density at radius 3 is 3.08 bits per heavy atom. The Balaban J connectivity index is 1.62. The quantitative estimate of drug-likeness (QED) is 0.875. The predicted octanol–water partition coefficient (Wildman–Crippen LogP) is 1.17. The molecule has 1 aromatic rings. The number of carbonyl (C=O) groups excluding carboxylic acids is 2. The molecular formula is C17H19N3O4. The van der Waals surface area contributed by atoms with Crippen molar-refractivity contribution in [3.63, 3.8) is 0 Å². The number of nitrogens with one attached hydrogen (secondary N) is 1. The van der Waals surface area contributed by atoms with Gasteiger partial charge in [0, 0.05) is 13.2 Å². The Morgan fingerprint density at radius 1 is 1.46 bits per heavy atom. The highest BCUT2D eigenvalue weighted by Crippen LogP contribution is 2.18. The Hall–Kier alpha value is -2.59. The van der Waals surface area contributed by atoms with Crippen LogP contribution in [0.2, 0.25) is 0 Å². The van der Waals surface area contributed by atoms with E-state index in [2.05, 4.69) is 11.4 Å². The van der Waals surface area contributed by atoms with Crippen LogP contribution >= 0.6 is 0 Å². The van der Waals surface area contributed by atoms with Crippen molar-refractivity contribution in [1.82, 2.24) is 10.2 Å². The standard InChI is InChI=1S/C17H19N3O4/c18-8-12-3-1-4-13(7-12)10-20-15(11-24-17(20)22)16(21)19-9-14-5-2-6-23-14/h1,3-4,7,14-15H,2,5-6,9-11H2,(H,19,21)/t14?,15-/m0/s1. The molecule has 7 heteroatoms. The number of nitrogens with zero attached hydrogens (tertiary/aromatic N) is 2. The first-order valence-corrected chi connectivity index (χ1v) is 7.99. The summed E-state index contributed by atoms with van der Waals surface area (Å²) < 4.78 is 10.5. The molecule has 2 amide bonds. The van der Waals surface area contributed by atoms with Crippen LogP contribution in [0.15, 0.2) is 24.3 Å². The van der Waals surface area contributed by atoms with Gasteiger partial charge in [0.2, 0.25) is 5.91 Å². The third-order valence-electron chi connectivity index (χ3n) is 4.22. The van der Waals surface area contributed by atoms with E-state index < -0.39 is 12.1 Å². The number of cyclic esters (lactones) is 1. The largest absolute Gasteiger partial charge is 0.447 e. The zero-order valence-corrected chi connectivity index (χ0v) is 13.2. The summed E-state index contributed by atoms with van der Waals surface area (Å²) in [5.41, 5.74) is 1.30. The van der Waals surface area contributed by atoms with Gasteiger partial charge < -0.3 is 14.8 Å². The van der Waals surface area contributed by atoms with Gasteiger partial charge in [0.15, 0.2) is 0 Å². The van der Waals surface area contributed by atoms with Crippen molar-refractivity contribution in [2.45, 2.75) is 31.5 Å². The van der Waals surface area contributed by atoms with E-state index in [1.165, 1.54) is 4.90 Å². The summed E-state index contributed by atoms with van der Waals surface area (Å²) in [6.07, 6.45) is 1.47. The molecule has 7 nitrogen and oxygen atoms in total.